The molecule has 0 saturated carbocycles. The van der Waals surface area contributed by atoms with E-state index in [4.69, 9.17) is 5.73 Å². The number of piperazine rings is 1. The number of nitrogens with two attached hydrogens (primary N) is 1. The first-order chi connectivity index (χ1) is 12.2. The first kappa shape index (κ1) is 21.6. The summed E-state index contributed by atoms with van der Waals surface area (Å²) in [5.74, 6) is 0.703. The summed E-state index contributed by atoms with van der Waals surface area (Å²) in [7, 11) is 2.21. The summed E-state index contributed by atoms with van der Waals surface area (Å²) in [5, 5.41) is 3.14. The lowest BCUT2D eigenvalue weighted by molar-refractivity contribution is 0.275. The van der Waals surface area contributed by atoms with Crippen molar-refractivity contribution in [2.75, 3.05) is 77.4 Å². The lowest BCUT2D eigenvalue weighted by Crippen LogP contribution is -2.51. The van der Waals surface area contributed by atoms with Gasteiger partial charge in [-0.2, -0.15) is 0 Å². The fourth-order valence-electron chi connectivity index (χ4n) is 3.41. The Hall–Kier alpha value is -0.650. The molecule has 9 heteroatoms. The Kier molecular flexibility index (Phi) is 9.37. The molecular weight excluding hydrogens is 461 g/mol. The molecule has 2 aliphatic heterocycles. The van der Waals surface area contributed by atoms with Gasteiger partial charge < -0.3 is 25.3 Å². The van der Waals surface area contributed by atoms with Crippen molar-refractivity contribution >= 4 is 46.4 Å². The normalized spacial score (nSPS) is 20.7. The number of aliphatic imine (C=N–C) groups is 1. The maximum atomic E-state index is 6.20. The summed E-state index contributed by atoms with van der Waals surface area (Å²) in [4.78, 5) is 18.5. The van der Waals surface area contributed by atoms with Gasteiger partial charge in [0.05, 0.1) is 0 Å². The highest BCUT2D eigenvalue weighted by Crippen LogP contribution is 2.18. The molecule has 148 valence electrons. The Balaban J connectivity index is 0.00000243. The van der Waals surface area contributed by atoms with Crippen molar-refractivity contribution in [2.24, 2.45) is 10.7 Å². The summed E-state index contributed by atoms with van der Waals surface area (Å²) in [6, 6.07) is 0. The highest BCUT2D eigenvalue weighted by atomic mass is 127. The van der Waals surface area contributed by atoms with Gasteiger partial charge in [0.25, 0.3) is 0 Å². The number of aromatic nitrogens is 1. The molecule has 0 spiro atoms. The zero-order chi connectivity index (χ0) is 17.5. The van der Waals surface area contributed by atoms with Crippen LogP contribution in [0.4, 0.5) is 5.13 Å². The maximum Gasteiger partial charge on any atom is 0.191 e. The van der Waals surface area contributed by atoms with Gasteiger partial charge in [0.15, 0.2) is 11.1 Å². The molecule has 3 heterocycles. The van der Waals surface area contributed by atoms with E-state index in [1.807, 2.05) is 11.6 Å². The number of guanidine groups is 1. The summed E-state index contributed by atoms with van der Waals surface area (Å²) >= 11 is 1.70. The fraction of sp³-hybridized carbons (Fsp3) is 0.765. The Labute approximate surface area is 178 Å². The van der Waals surface area contributed by atoms with Gasteiger partial charge in [-0.3, -0.25) is 4.99 Å². The lowest BCUT2D eigenvalue weighted by Gasteiger charge is -2.35. The van der Waals surface area contributed by atoms with E-state index < -0.39 is 0 Å². The third kappa shape index (κ3) is 6.50. The van der Waals surface area contributed by atoms with Crippen LogP contribution >= 0.6 is 35.3 Å². The second kappa shape index (κ2) is 11.3. The van der Waals surface area contributed by atoms with E-state index in [0.29, 0.717) is 5.96 Å². The number of nitrogens with zero attached hydrogens (tertiary/aromatic N) is 6. The Bertz CT molecular complexity index is 531. The summed E-state index contributed by atoms with van der Waals surface area (Å²) in [5.41, 5.74) is 6.20. The van der Waals surface area contributed by atoms with Crippen LogP contribution in [0.1, 0.15) is 12.8 Å². The number of anilines is 1. The minimum absolute atomic E-state index is 0. The molecule has 0 amide bonds. The van der Waals surface area contributed by atoms with E-state index in [9.17, 15) is 0 Å². The molecule has 0 unspecified atom stereocenters. The Morgan fingerprint density at radius 2 is 1.96 bits per heavy atom. The van der Waals surface area contributed by atoms with Gasteiger partial charge in [-0.15, -0.1) is 35.3 Å². The molecule has 2 fully saturated rings. The topological polar surface area (TPSA) is 64.2 Å². The first-order valence-corrected chi connectivity index (χ1v) is 10.2. The molecule has 7 nitrogen and oxygen atoms in total. The van der Waals surface area contributed by atoms with Gasteiger partial charge in [0.2, 0.25) is 0 Å². The molecule has 0 radical (unpaired) electrons. The average Bonchev–Trinajstić information content (AvgIpc) is 3.09. The third-order valence-electron chi connectivity index (χ3n) is 5.01. The van der Waals surface area contributed by atoms with Gasteiger partial charge in [0, 0.05) is 57.4 Å². The predicted octanol–water partition coefficient (Wildman–Crippen LogP) is 1.23. The Morgan fingerprint density at radius 3 is 2.69 bits per heavy atom. The van der Waals surface area contributed by atoms with Crippen LogP contribution in [0.2, 0.25) is 0 Å². The van der Waals surface area contributed by atoms with E-state index in [-0.39, 0.29) is 24.0 Å². The van der Waals surface area contributed by atoms with Crippen molar-refractivity contribution in [1.29, 1.82) is 0 Å². The second-order valence-corrected chi connectivity index (χ2v) is 7.75. The minimum atomic E-state index is 0. The molecule has 2 saturated heterocycles. The van der Waals surface area contributed by atoms with E-state index in [1.54, 1.807) is 11.3 Å². The fourth-order valence-corrected chi connectivity index (χ4v) is 4.11. The zero-order valence-electron chi connectivity index (χ0n) is 15.7. The van der Waals surface area contributed by atoms with E-state index >= 15 is 0 Å². The SMILES string of the molecule is CN1CCCN(CCCN=C(N)N2CCN(c3nccs3)CC2)CC1.I. The molecule has 1 aromatic rings. The number of hydrogen-bond donors (Lipinski definition) is 1. The maximum absolute atomic E-state index is 6.20. The summed E-state index contributed by atoms with van der Waals surface area (Å²) in [6.45, 7) is 10.5. The van der Waals surface area contributed by atoms with Gasteiger partial charge in [0.1, 0.15) is 0 Å². The smallest absolute Gasteiger partial charge is 0.191 e. The van der Waals surface area contributed by atoms with Crippen LogP contribution in [0.3, 0.4) is 0 Å². The molecular formula is C17H32IN7S. The molecule has 2 N–H and O–H groups in total. The highest BCUT2D eigenvalue weighted by molar-refractivity contribution is 14.0. The van der Waals surface area contributed by atoms with Crippen LogP contribution in [0.25, 0.3) is 0 Å². The highest BCUT2D eigenvalue weighted by Gasteiger charge is 2.19. The van der Waals surface area contributed by atoms with Crippen molar-refractivity contribution in [1.82, 2.24) is 19.7 Å². The van der Waals surface area contributed by atoms with Crippen molar-refractivity contribution in [3.8, 4) is 0 Å². The molecule has 0 bridgehead atoms. The van der Waals surface area contributed by atoms with E-state index in [2.05, 4.69) is 36.6 Å². The monoisotopic (exact) mass is 493 g/mol. The quantitative estimate of drug-likeness (QED) is 0.288. The summed E-state index contributed by atoms with van der Waals surface area (Å²) in [6.07, 6.45) is 4.22. The van der Waals surface area contributed by atoms with Crippen molar-refractivity contribution in [3.05, 3.63) is 11.6 Å². The standard InChI is InChI=1S/C17H31N7S.HI/c1-21-6-3-8-22(10-9-21)7-2-4-19-16(18)23-11-13-24(14-12-23)17-20-5-15-25-17;/h5,15H,2-4,6-14H2,1H3,(H2,18,19);1H. The van der Waals surface area contributed by atoms with Crippen LogP contribution in [0.15, 0.2) is 16.6 Å². The molecule has 26 heavy (non-hydrogen) atoms. The van der Waals surface area contributed by atoms with E-state index in [1.165, 1.54) is 32.6 Å². The number of halogens is 1. The first-order valence-electron chi connectivity index (χ1n) is 9.32. The molecule has 2 aliphatic rings. The van der Waals surface area contributed by atoms with Crippen LogP contribution in [0, 0.1) is 0 Å². The Morgan fingerprint density at radius 1 is 1.15 bits per heavy atom. The van der Waals surface area contributed by atoms with Gasteiger partial charge >= 0.3 is 0 Å². The number of hydrogen-bond acceptors (Lipinski definition) is 6. The van der Waals surface area contributed by atoms with Gasteiger partial charge in [-0.1, -0.05) is 0 Å². The van der Waals surface area contributed by atoms with Crippen LogP contribution in [0.5, 0.6) is 0 Å². The molecule has 0 atom stereocenters. The van der Waals surface area contributed by atoms with Crippen molar-refractivity contribution in [2.45, 2.75) is 12.8 Å². The van der Waals surface area contributed by atoms with Crippen LogP contribution < -0.4 is 10.6 Å². The minimum Gasteiger partial charge on any atom is -0.370 e. The van der Waals surface area contributed by atoms with Gasteiger partial charge in [-0.05, 0) is 39.5 Å². The van der Waals surface area contributed by atoms with Crippen LogP contribution in [-0.4, -0.2) is 98.1 Å². The number of likely N-dealkylation sites (N-methyl/N-ethyl adjacent to an activating group) is 1. The largest absolute Gasteiger partial charge is 0.370 e. The number of thiazole rings is 1. The third-order valence-corrected chi connectivity index (χ3v) is 5.84. The molecule has 0 aliphatic carbocycles. The second-order valence-electron chi connectivity index (χ2n) is 6.88. The van der Waals surface area contributed by atoms with Crippen molar-refractivity contribution in [3.63, 3.8) is 0 Å². The van der Waals surface area contributed by atoms with Crippen molar-refractivity contribution < 1.29 is 0 Å². The molecule has 3 rings (SSSR count). The lowest BCUT2D eigenvalue weighted by atomic mass is 10.3. The summed E-state index contributed by atoms with van der Waals surface area (Å²) < 4.78 is 0. The molecule has 0 aromatic carbocycles. The zero-order valence-corrected chi connectivity index (χ0v) is 18.9. The molecule has 1 aromatic heterocycles. The predicted molar refractivity (Wildman–Crippen MR) is 121 cm³/mol. The van der Waals surface area contributed by atoms with Crippen LogP contribution in [-0.2, 0) is 0 Å². The number of rotatable bonds is 5. The van der Waals surface area contributed by atoms with E-state index in [0.717, 1.165) is 50.8 Å². The average molecular weight is 493 g/mol. The van der Waals surface area contributed by atoms with Gasteiger partial charge in [-0.25, -0.2) is 4.98 Å².